The van der Waals surface area contributed by atoms with Gasteiger partial charge in [-0.1, -0.05) is 11.6 Å². The molecule has 0 heterocycles. The van der Waals surface area contributed by atoms with E-state index < -0.39 is 39.9 Å². The van der Waals surface area contributed by atoms with Gasteiger partial charge in [-0.25, -0.2) is 8.42 Å². The van der Waals surface area contributed by atoms with E-state index in [4.69, 9.17) is 16.3 Å². The maximum absolute atomic E-state index is 12.9. The molecule has 11 heteroatoms. The number of rotatable bonds is 9. The van der Waals surface area contributed by atoms with Gasteiger partial charge in [0.05, 0.1) is 28.6 Å². The molecule has 0 saturated heterocycles. The highest BCUT2D eigenvalue weighted by Gasteiger charge is 2.33. The molecule has 0 aromatic heterocycles. The van der Waals surface area contributed by atoms with Gasteiger partial charge in [0.15, 0.2) is 0 Å². The first kappa shape index (κ1) is 23.5. The molecule has 0 aliphatic rings. The van der Waals surface area contributed by atoms with Crippen molar-refractivity contribution in [3.05, 3.63) is 28.8 Å². The highest BCUT2D eigenvalue weighted by atomic mass is 35.5. The Labute approximate surface area is 161 Å². The third kappa shape index (κ3) is 7.94. The van der Waals surface area contributed by atoms with Gasteiger partial charge in [0.2, 0.25) is 15.9 Å². The lowest BCUT2D eigenvalue weighted by Crippen LogP contribution is -2.41. The van der Waals surface area contributed by atoms with E-state index in [0.717, 1.165) is 18.4 Å². The molecular formula is C16H22ClF3N2O4S. The molecule has 0 fully saturated rings. The van der Waals surface area contributed by atoms with Crippen molar-refractivity contribution < 1.29 is 31.1 Å². The normalized spacial score (nSPS) is 12.3. The zero-order valence-corrected chi connectivity index (χ0v) is 16.7. The van der Waals surface area contributed by atoms with Gasteiger partial charge >= 0.3 is 6.18 Å². The fourth-order valence-corrected chi connectivity index (χ4v) is 3.20. The van der Waals surface area contributed by atoms with Crippen LogP contribution in [0.1, 0.15) is 25.8 Å². The highest BCUT2D eigenvalue weighted by molar-refractivity contribution is 7.92. The molecule has 0 radical (unpaired) electrons. The van der Waals surface area contributed by atoms with Gasteiger partial charge in [0.25, 0.3) is 0 Å². The minimum atomic E-state index is -4.68. The summed E-state index contributed by atoms with van der Waals surface area (Å²) in [5.74, 6) is -0.668. The Balaban J connectivity index is 2.91. The van der Waals surface area contributed by atoms with E-state index in [9.17, 15) is 26.4 Å². The van der Waals surface area contributed by atoms with Gasteiger partial charge in [-0.2, -0.15) is 13.2 Å². The van der Waals surface area contributed by atoms with Crippen molar-refractivity contribution in [1.82, 2.24) is 5.32 Å². The third-order valence-electron chi connectivity index (χ3n) is 3.32. The summed E-state index contributed by atoms with van der Waals surface area (Å²) in [5.41, 5.74) is -1.48. The van der Waals surface area contributed by atoms with Gasteiger partial charge in [0, 0.05) is 13.2 Å². The molecule has 0 saturated carbocycles. The van der Waals surface area contributed by atoms with Crippen LogP contribution in [0.5, 0.6) is 0 Å². The Morgan fingerprint density at radius 3 is 2.48 bits per heavy atom. The number of benzene rings is 1. The number of alkyl halides is 3. The summed E-state index contributed by atoms with van der Waals surface area (Å²) in [6.07, 6.45) is -3.34. The van der Waals surface area contributed by atoms with E-state index in [1.807, 2.05) is 13.8 Å². The van der Waals surface area contributed by atoms with Crippen LogP contribution in [0, 0.1) is 0 Å². The highest BCUT2D eigenvalue weighted by Crippen LogP contribution is 2.36. The van der Waals surface area contributed by atoms with Crippen LogP contribution in [0.2, 0.25) is 5.02 Å². The SMILES string of the molecule is CC(C)OCCCNC(=O)CN(c1cc(C(F)(F)F)ccc1Cl)S(C)(=O)=O. The van der Waals surface area contributed by atoms with Gasteiger partial charge in [-0.05, 0) is 38.5 Å². The number of nitrogens with one attached hydrogen (secondary N) is 1. The van der Waals surface area contributed by atoms with Crippen molar-refractivity contribution in [3.63, 3.8) is 0 Å². The fraction of sp³-hybridized carbons (Fsp3) is 0.562. The number of carbonyl (C=O) groups excluding carboxylic acids is 1. The van der Waals surface area contributed by atoms with Gasteiger partial charge in [-0.3, -0.25) is 9.10 Å². The number of sulfonamides is 1. The number of ether oxygens (including phenoxy) is 1. The second-order valence-electron chi connectivity index (χ2n) is 6.06. The Kier molecular flexibility index (Phi) is 8.37. The molecule has 1 aromatic rings. The number of carbonyl (C=O) groups is 1. The predicted molar refractivity (Wildman–Crippen MR) is 97.4 cm³/mol. The maximum Gasteiger partial charge on any atom is 0.416 e. The van der Waals surface area contributed by atoms with Crippen LogP contribution < -0.4 is 9.62 Å². The van der Waals surface area contributed by atoms with E-state index in [-0.39, 0.29) is 17.7 Å². The third-order valence-corrected chi connectivity index (χ3v) is 4.77. The van der Waals surface area contributed by atoms with Crippen LogP contribution in [0.15, 0.2) is 18.2 Å². The monoisotopic (exact) mass is 430 g/mol. The molecule has 27 heavy (non-hydrogen) atoms. The Bertz CT molecular complexity index is 755. The number of amides is 1. The topological polar surface area (TPSA) is 75.7 Å². The minimum absolute atomic E-state index is 0.0458. The summed E-state index contributed by atoms with van der Waals surface area (Å²) in [7, 11) is -4.05. The molecule has 1 N–H and O–H groups in total. The van der Waals surface area contributed by atoms with E-state index >= 15 is 0 Å². The minimum Gasteiger partial charge on any atom is -0.379 e. The first-order valence-corrected chi connectivity index (χ1v) is 10.3. The molecule has 6 nitrogen and oxygen atoms in total. The van der Waals surface area contributed by atoms with Gasteiger partial charge < -0.3 is 10.1 Å². The second-order valence-corrected chi connectivity index (χ2v) is 8.37. The molecule has 1 aromatic carbocycles. The Morgan fingerprint density at radius 1 is 1.33 bits per heavy atom. The average molecular weight is 431 g/mol. The molecule has 0 aliphatic heterocycles. The van der Waals surface area contributed by atoms with Crippen molar-refractivity contribution in [1.29, 1.82) is 0 Å². The number of nitrogens with zero attached hydrogens (tertiary/aromatic N) is 1. The maximum atomic E-state index is 12.9. The predicted octanol–water partition coefficient (Wildman–Crippen LogP) is 3.06. The van der Waals surface area contributed by atoms with Crippen molar-refractivity contribution in [2.75, 3.05) is 30.3 Å². The van der Waals surface area contributed by atoms with E-state index in [1.165, 1.54) is 0 Å². The molecule has 1 amide bonds. The number of hydrogen-bond donors (Lipinski definition) is 1. The van der Waals surface area contributed by atoms with E-state index in [1.54, 1.807) is 0 Å². The molecular weight excluding hydrogens is 409 g/mol. The molecule has 0 atom stereocenters. The van der Waals surface area contributed by atoms with Gasteiger partial charge in [-0.15, -0.1) is 0 Å². The quantitative estimate of drug-likeness (QED) is 0.611. The molecule has 154 valence electrons. The molecule has 0 spiro atoms. The van der Waals surface area contributed by atoms with Crippen molar-refractivity contribution in [2.24, 2.45) is 0 Å². The largest absolute Gasteiger partial charge is 0.416 e. The van der Waals surface area contributed by atoms with E-state index in [0.29, 0.717) is 23.4 Å². The van der Waals surface area contributed by atoms with E-state index in [2.05, 4.69) is 5.32 Å². The first-order chi connectivity index (χ1) is 12.3. The fourth-order valence-electron chi connectivity index (χ4n) is 2.07. The number of anilines is 1. The Morgan fingerprint density at radius 2 is 1.96 bits per heavy atom. The van der Waals surface area contributed by atoms with Crippen LogP contribution in [0.3, 0.4) is 0 Å². The first-order valence-electron chi connectivity index (χ1n) is 8.05. The van der Waals surface area contributed by atoms with Crippen molar-refractivity contribution in [2.45, 2.75) is 32.5 Å². The second kappa shape index (κ2) is 9.61. The summed E-state index contributed by atoms with van der Waals surface area (Å²) in [4.78, 5) is 12.0. The van der Waals surface area contributed by atoms with Crippen molar-refractivity contribution in [3.8, 4) is 0 Å². The van der Waals surface area contributed by atoms with Gasteiger partial charge in [0.1, 0.15) is 6.54 Å². The summed E-state index contributed by atoms with van der Waals surface area (Å²) in [6.45, 7) is 3.68. The van der Waals surface area contributed by atoms with Crippen LogP contribution in [-0.4, -0.2) is 46.4 Å². The average Bonchev–Trinajstić information content (AvgIpc) is 2.50. The lowest BCUT2D eigenvalue weighted by Gasteiger charge is -2.24. The molecule has 0 aliphatic carbocycles. The smallest absolute Gasteiger partial charge is 0.379 e. The zero-order chi connectivity index (χ0) is 20.8. The lowest BCUT2D eigenvalue weighted by atomic mass is 10.2. The molecule has 0 unspecified atom stereocenters. The summed E-state index contributed by atoms with van der Waals surface area (Å²) < 4.78 is 68.6. The molecule has 1 rings (SSSR count). The van der Waals surface area contributed by atoms with Crippen LogP contribution in [0.25, 0.3) is 0 Å². The van der Waals surface area contributed by atoms with Crippen LogP contribution in [0.4, 0.5) is 18.9 Å². The molecule has 0 bridgehead atoms. The summed E-state index contributed by atoms with van der Waals surface area (Å²) >= 11 is 5.88. The zero-order valence-electron chi connectivity index (χ0n) is 15.1. The number of hydrogen-bond acceptors (Lipinski definition) is 4. The van der Waals surface area contributed by atoms with Crippen molar-refractivity contribution >= 4 is 33.2 Å². The Hall–Kier alpha value is -1.52. The van der Waals surface area contributed by atoms with Crippen LogP contribution >= 0.6 is 11.6 Å². The van der Waals surface area contributed by atoms with Crippen LogP contribution in [-0.2, 0) is 25.7 Å². The summed E-state index contributed by atoms with van der Waals surface area (Å²) in [5, 5.41) is 2.29. The standard InChI is InChI=1S/C16H22ClF3N2O4S/c1-11(2)26-8-4-7-21-15(23)10-22(27(3,24)25)14-9-12(16(18,19)20)5-6-13(14)17/h5-6,9,11H,4,7-8,10H2,1-3H3,(H,21,23). The summed E-state index contributed by atoms with van der Waals surface area (Å²) in [6, 6.07) is 2.28. The number of halogens is 4. The lowest BCUT2D eigenvalue weighted by molar-refractivity contribution is -0.137.